The van der Waals surface area contributed by atoms with Gasteiger partial charge in [0.25, 0.3) is 5.91 Å². The number of rotatable bonds is 1. The monoisotopic (exact) mass is 301 g/mol. The van der Waals surface area contributed by atoms with Crippen LogP contribution in [0.15, 0.2) is 24.4 Å². The van der Waals surface area contributed by atoms with E-state index in [0.717, 1.165) is 5.56 Å². The van der Waals surface area contributed by atoms with Crippen LogP contribution in [0, 0.1) is 0 Å². The highest BCUT2D eigenvalue weighted by Gasteiger charge is 2.17. The van der Waals surface area contributed by atoms with Gasteiger partial charge in [-0.1, -0.05) is 11.6 Å². The van der Waals surface area contributed by atoms with Gasteiger partial charge in [-0.25, -0.2) is 9.97 Å². The normalized spacial score (nSPS) is 13.7. The van der Waals surface area contributed by atoms with E-state index in [4.69, 9.17) is 16.3 Å². The second kappa shape index (κ2) is 4.42. The number of hydrogen-bond donors (Lipinski definition) is 2. The molecular weight excluding hydrogens is 294 g/mol. The Hall–Kier alpha value is -2.67. The summed E-state index contributed by atoms with van der Waals surface area (Å²) < 4.78 is 5.31. The maximum Gasteiger partial charge on any atom is 0.262 e. The fraction of sp³-hybridized carbons (Fsp3) is 0.0769. The van der Waals surface area contributed by atoms with Crippen molar-refractivity contribution in [3.8, 4) is 17.1 Å². The van der Waals surface area contributed by atoms with Crippen molar-refractivity contribution >= 4 is 34.2 Å². The van der Waals surface area contributed by atoms with E-state index < -0.39 is 0 Å². The van der Waals surface area contributed by atoms with Crippen LogP contribution in [0.3, 0.4) is 0 Å². The minimum absolute atomic E-state index is 0.0235. The molecule has 21 heavy (non-hydrogen) atoms. The third-order valence-corrected chi connectivity index (χ3v) is 3.38. The Morgan fingerprint density at radius 3 is 3.10 bits per heavy atom. The molecule has 1 aliphatic heterocycles. The molecular formula is C13H8ClN5O2. The van der Waals surface area contributed by atoms with Gasteiger partial charge in [0.05, 0.1) is 5.69 Å². The van der Waals surface area contributed by atoms with Crippen LogP contribution in [0.1, 0.15) is 0 Å². The van der Waals surface area contributed by atoms with Crippen LogP contribution in [0.2, 0.25) is 5.15 Å². The highest BCUT2D eigenvalue weighted by molar-refractivity contribution is 6.33. The summed E-state index contributed by atoms with van der Waals surface area (Å²) in [5, 5.41) is 9.69. The zero-order chi connectivity index (χ0) is 14.4. The van der Waals surface area contributed by atoms with Crippen molar-refractivity contribution in [3.05, 3.63) is 29.5 Å². The summed E-state index contributed by atoms with van der Waals surface area (Å²) >= 11 is 6.09. The van der Waals surface area contributed by atoms with Crippen LogP contribution in [-0.2, 0) is 4.79 Å². The number of hydrogen-bond acceptors (Lipinski definition) is 5. The number of aromatic amines is 1. The molecule has 3 heterocycles. The van der Waals surface area contributed by atoms with Gasteiger partial charge in [0.15, 0.2) is 17.6 Å². The molecule has 1 aromatic carbocycles. The first-order chi connectivity index (χ1) is 10.2. The molecule has 2 aromatic heterocycles. The molecule has 1 amide bonds. The average Bonchev–Trinajstić information content (AvgIpc) is 2.95. The van der Waals surface area contributed by atoms with Crippen LogP contribution in [0.25, 0.3) is 22.4 Å². The summed E-state index contributed by atoms with van der Waals surface area (Å²) in [5.41, 5.74) is 2.47. The fourth-order valence-corrected chi connectivity index (χ4v) is 2.38. The molecule has 0 aliphatic carbocycles. The first kappa shape index (κ1) is 12.1. The van der Waals surface area contributed by atoms with Crippen molar-refractivity contribution in [2.45, 2.75) is 0 Å². The van der Waals surface area contributed by atoms with E-state index >= 15 is 0 Å². The lowest BCUT2D eigenvalue weighted by molar-refractivity contribution is -0.118. The number of H-pyrrole nitrogens is 1. The Labute approximate surface area is 123 Å². The van der Waals surface area contributed by atoms with Crippen molar-refractivity contribution in [1.82, 2.24) is 20.2 Å². The van der Waals surface area contributed by atoms with E-state index in [1.807, 2.05) is 6.07 Å². The number of anilines is 1. The molecule has 0 bridgehead atoms. The minimum Gasteiger partial charge on any atom is -0.482 e. The second-order valence-electron chi connectivity index (χ2n) is 4.50. The van der Waals surface area contributed by atoms with Gasteiger partial charge >= 0.3 is 0 Å². The van der Waals surface area contributed by atoms with E-state index in [9.17, 15) is 4.79 Å². The molecule has 0 saturated carbocycles. The number of benzene rings is 1. The quantitative estimate of drug-likeness (QED) is 0.671. The maximum atomic E-state index is 11.4. The number of nitrogens with one attached hydrogen (secondary N) is 2. The molecule has 3 aromatic rings. The molecule has 7 nitrogen and oxygen atoms in total. The summed E-state index contributed by atoms with van der Waals surface area (Å²) in [6.45, 7) is 0.0235. The Bertz CT molecular complexity index is 876. The standard InChI is InChI=1S/C13H8ClN5O2/c14-12-11-8(4-15-19-11)17-13(18-12)6-1-2-9-7(3-6)16-10(20)5-21-9/h1-4H,5H2,(H,15,19)(H,16,20). The van der Waals surface area contributed by atoms with Crippen LogP contribution < -0.4 is 10.1 Å². The van der Waals surface area contributed by atoms with Gasteiger partial charge in [0.2, 0.25) is 0 Å². The Kier molecular flexibility index (Phi) is 2.55. The lowest BCUT2D eigenvalue weighted by Crippen LogP contribution is -2.25. The average molecular weight is 302 g/mol. The summed E-state index contributed by atoms with van der Waals surface area (Å²) in [5.74, 6) is 0.884. The summed E-state index contributed by atoms with van der Waals surface area (Å²) in [4.78, 5) is 20.0. The van der Waals surface area contributed by atoms with Gasteiger partial charge < -0.3 is 10.1 Å². The Balaban J connectivity index is 1.84. The molecule has 0 radical (unpaired) electrons. The lowest BCUT2D eigenvalue weighted by atomic mass is 10.1. The predicted molar refractivity (Wildman–Crippen MR) is 76.3 cm³/mol. The molecule has 0 spiro atoms. The highest BCUT2D eigenvalue weighted by atomic mass is 35.5. The minimum atomic E-state index is -0.191. The molecule has 104 valence electrons. The maximum absolute atomic E-state index is 11.4. The van der Waals surface area contributed by atoms with E-state index in [2.05, 4.69) is 25.5 Å². The molecule has 0 atom stereocenters. The number of carbonyl (C=O) groups is 1. The van der Waals surface area contributed by atoms with Crippen LogP contribution >= 0.6 is 11.6 Å². The van der Waals surface area contributed by atoms with Gasteiger partial charge in [-0.05, 0) is 18.2 Å². The third-order valence-electron chi connectivity index (χ3n) is 3.12. The molecule has 1 aliphatic rings. The summed E-state index contributed by atoms with van der Waals surface area (Å²) in [6, 6.07) is 5.33. The zero-order valence-electron chi connectivity index (χ0n) is 10.6. The summed E-state index contributed by atoms with van der Waals surface area (Å²) in [7, 11) is 0. The lowest BCUT2D eigenvalue weighted by Gasteiger charge is -2.18. The SMILES string of the molecule is O=C1COc2ccc(-c3nc(Cl)c4n[nH]cc4n3)cc2N1. The number of fused-ring (bicyclic) bond motifs is 2. The molecule has 0 saturated heterocycles. The molecule has 0 fully saturated rings. The van der Waals surface area contributed by atoms with Crippen molar-refractivity contribution in [3.63, 3.8) is 0 Å². The van der Waals surface area contributed by atoms with Gasteiger partial charge in [-0.2, -0.15) is 5.10 Å². The number of halogens is 1. The van der Waals surface area contributed by atoms with Crippen molar-refractivity contribution in [2.75, 3.05) is 11.9 Å². The van der Waals surface area contributed by atoms with E-state index in [0.29, 0.717) is 28.3 Å². The molecule has 0 unspecified atom stereocenters. The van der Waals surface area contributed by atoms with Gasteiger partial charge in [-0.15, -0.1) is 0 Å². The molecule has 2 N–H and O–H groups in total. The van der Waals surface area contributed by atoms with Crippen LogP contribution in [0.5, 0.6) is 5.75 Å². The van der Waals surface area contributed by atoms with Gasteiger partial charge in [-0.3, -0.25) is 9.89 Å². The second-order valence-corrected chi connectivity index (χ2v) is 4.86. The van der Waals surface area contributed by atoms with E-state index in [-0.39, 0.29) is 17.7 Å². The van der Waals surface area contributed by atoms with Gasteiger partial charge in [0, 0.05) is 11.8 Å². The van der Waals surface area contributed by atoms with Crippen molar-refractivity contribution in [2.24, 2.45) is 0 Å². The summed E-state index contributed by atoms with van der Waals surface area (Å²) in [6.07, 6.45) is 1.65. The number of carbonyl (C=O) groups excluding carboxylic acids is 1. The van der Waals surface area contributed by atoms with E-state index in [1.54, 1.807) is 18.3 Å². The predicted octanol–water partition coefficient (Wildman–Crippen LogP) is 2.00. The molecule has 4 rings (SSSR count). The number of aromatic nitrogens is 4. The molecule has 8 heteroatoms. The van der Waals surface area contributed by atoms with Crippen LogP contribution in [-0.4, -0.2) is 32.7 Å². The smallest absolute Gasteiger partial charge is 0.262 e. The first-order valence-electron chi connectivity index (χ1n) is 6.15. The highest BCUT2D eigenvalue weighted by Crippen LogP contribution is 2.32. The Morgan fingerprint density at radius 2 is 2.19 bits per heavy atom. The van der Waals surface area contributed by atoms with Crippen LogP contribution in [0.4, 0.5) is 5.69 Å². The largest absolute Gasteiger partial charge is 0.482 e. The van der Waals surface area contributed by atoms with E-state index in [1.165, 1.54) is 0 Å². The fourth-order valence-electron chi connectivity index (χ4n) is 2.16. The van der Waals surface area contributed by atoms with Gasteiger partial charge in [0.1, 0.15) is 16.8 Å². The Morgan fingerprint density at radius 1 is 1.29 bits per heavy atom. The van der Waals surface area contributed by atoms with Crippen molar-refractivity contribution < 1.29 is 9.53 Å². The third kappa shape index (κ3) is 1.98. The number of nitrogens with zero attached hydrogens (tertiary/aromatic N) is 3. The zero-order valence-corrected chi connectivity index (χ0v) is 11.3. The number of amides is 1. The topological polar surface area (TPSA) is 92.8 Å². The first-order valence-corrected chi connectivity index (χ1v) is 6.52. The van der Waals surface area contributed by atoms with Crippen molar-refractivity contribution in [1.29, 1.82) is 0 Å². The number of ether oxygens (including phenoxy) is 1.